The SMILES string of the molecule is C[C@@H](O)C12CC(N)(C1)C2. The molecule has 3 rings (SSSR count). The Balaban J connectivity index is 2.04. The van der Waals surface area contributed by atoms with Crippen LogP contribution in [-0.4, -0.2) is 16.7 Å². The zero-order valence-corrected chi connectivity index (χ0v) is 5.72. The van der Waals surface area contributed by atoms with E-state index in [2.05, 4.69) is 0 Å². The van der Waals surface area contributed by atoms with Crippen LogP contribution in [0, 0.1) is 5.41 Å². The molecule has 3 fully saturated rings. The fraction of sp³-hybridized carbons (Fsp3) is 1.00. The maximum Gasteiger partial charge on any atom is 0.0570 e. The van der Waals surface area contributed by atoms with Crippen LogP contribution in [0.5, 0.6) is 0 Å². The zero-order valence-electron chi connectivity index (χ0n) is 5.72. The third-order valence-electron chi connectivity index (χ3n) is 3.00. The van der Waals surface area contributed by atoms with Gasteiger partial charge in [0.05, 0.1) is 6.10 Å². The van der Waals surface area contributed by atoms with Gasteiger partial charge in [0.2, 0.25) is 0 Å². The zero-order chi connectivity index (χ0) is 6.70. The summed E-state index contributed by atoms with van der Waals surface area (Å²) < 4.78 is 0. The van der Waals surface area contributed by atoms with Crippen LogP contribution in [0.25, 0.3) is 0 Å². The molecule has 52 valence electrons. The first-order chi connectivity index (χ1) is 4.06. The Kier molecular flexibility index (Phi) is 0.746. The van der Waals surface area contributed by atoms with Crippen LogP contribution in [0.1, 0.15) is 26.2 Å². The Morgan fingerprint density at radius 3 is 2.00 bits per heavy atom. The lowest BCUT2D eigenvalue weighted by molar-refractivity contribution is -0.193. The maximum absolute atomic E-state index is 9.23. The normalized spacial score (nSPS) is 57.7. The molecule has 0 aromatic heterocycles. The Hall–Kier alpha value is -0.0800. The van der Waals surface area contributed by atoms with E-state index in [1.165, 1.54) is 0 Å². The van der Waals surface area contributed by atoms with E-state index >= 15 is 0 Å². The number of aliphatic hydroxyl groups excluding tert-OH is 1. The summed E-state index contributed by atoms with van der Waals surface area (Å²) in [6.07, 6.45) is 3.02. The molecule has 3 saturated carbocycles. The highest BCUT2D eigenvalue weighted by molar-refractivity contribution is 5.23. The monoisotopic (exact) mass is 127 g/mol. The van der Waals surface area contributed by atoms with Crippen LogP contribution < -0.4 is 5.73 Å². The minimum Gasteiger partial charge on any atom is -0.393 e. The van der Waals surface area contributed by atoms with Crippen molar-refractivity contribution in [3.63, 3.8) is 0 Å². The third-order valence-corrected chi connectivity index (χ3v) is 3.00. The second-order valence-corrected chi connectivity index (χ2v) is 3.93. The first-order valence-corrected chi connectivity index (χ1v) is 3.53. The largest absolute Gasteiger partial charge is 0.393 e. The molecule has 0 spiro atoms. The van der Waals surface area contributed by atoms with E-state index in [1.54, 1.807) is 0 Å². The van der Waals surface area contributed by atoms with Crippen molar-refractivity contribution in [1.82, 2.24) is 0 Å². The molecule has 2 bridgehead atoms. The second kappa shape index (κ2) is 1.18. The molecule has 3 N–H and O–H groups in total. The van der Waals surface area contributed by atoms with Crippen molar-refractivity contribution < 1.29 is 5.11 Å². The van der Waals surface area contributed by atoms with Crippen molar-refractivity contribution >= 4 is 0 Å². The summed E-state index contributed by atoms with van der Waals surface area (Å²) in [5, 5.41) is 9.23. The van der Waals surface area contributed by atoms with Gasteiger partial charge in [-0.2, -0.15) is 0 Å². The fourth-order valence-corrected chi connectivity index (χ4v) is 2.39. The van der Waals surface area contributed by atoms with Gasteiger partial charge in [-0.25, -0.2) is 0 Å². The summed E-state index contributed by atoms with van der Waals surface area (Å²) in [5.74, 6) is 0. The molecule has 2 heteroatoms. The molecule has 0 unspecified atom stereocenters. The molecule has 2 nitrogen and oxygen atoms in total. The van der Waals surface area contributed by atoms with E-state index in [0.717, 1.165) is 19.3 Å². The average Bonchev–Trinajstić information content (AvgIpc) is 1.54. The lowest BCUT2D eigenvalue weighted by Gasteiger charge is -2.70. The lowest BCUT2D eigenvalue weighted by Crippen LogP contribution is -2.75. The van der Waals surface area contributed by atoms with Crippen LogP contribution >= 0.6 is 0 Å². The Bertz CT molecular complexity index is 133. The number of hydrogen-bond donors (Lipinski definition) is 2. The number of nitrogens with two attached hydrogens (primary N) is 1. The minimum atomic E-state index is -0.136. The molecule has 0 aromatic carbocycles. The molecule has 0 aromatic rings. The third kappa shape index (κ3) is 0.485. The molecule has 0 saturated heterocycles. The van der Waals surface area contributed by atoms with Gasteiger partial charge in [-0.1, -0.05) is 0 Å². The summed E-state index contributed by atoms with van der Waals surface area (Å²) in [6, 6.07) is 0. The number of hydrogen-bond acceptors (Lipinski definition) is 2. The molecule has 3 aliphatic rings. The Morgan fingerprint density at radius 2 is 1.89 bits per heavy atom. The van der Waals surface area contributed by atoms with Crippen molar-refractivity contribution in [2.75, 3.05) is 0 Å². The summed E-state index contributed by atoms with van der Waals surface area (Å²) in [7, 11) is 0. The molecule has 0 amide bonds. The predicted octanol–water partition coefficient (Wildman–Crippen LogP) is 0.249. The number of rotatable bonds is 1. The van der Waals surface area contributed by atoms with E-state index in [-0.39, 0.29) is 17.1 Å². The quantitative estimate of drug-likeness (QED) is 0.530. The van der Waals surface area contributed by atoms with Crippen LogP contribution in [0.15, 0.2) is 0 Å². The van der Waals surface area contributed by atoms with Gasteiger partial charge in [-0.15, -0.1) is 0 Å². The van der Waals surface area contributed by atoms with Crippen LogP contribution in [0.2, 0.25) is 0 Å². The Morgan fingerprint density at radius 1 is 1.44 bits per heavy atom. The lowest BCUT2D eigenvalue weighted by atomic mass is 9.38. The van der Waals surface area contributed by atoms with Gasteiger partial charge in [0, 0.05) is 11.0 Å². The second-order valence-electron chi connectivity index (χ2n) is 3.93. The van der Waals surface area contributed by atoms with Gasteiger partial charge in [-0.05, 0) is 26.2 Å². The smallest absolute Gasteiger partial charge is 0.0570 e. The molecular weight excluding hydrogens is 114 g/mol. The molecule has 0 aliphatic heterocycles. The van der Waals surface area contributed by atoms with E-state index in [9.17, 15) is 5.11 Å². The maximum atomic E-state index is 9.23. The van der Waals surface area contributed by atoms with E-state index in [0.29, 0.717) is 0 Å². The van der Waals surface area contributed by atoms with Crippen molar-refractivity contribution in [3.8, 4) is 0 Å². The van der Waals surface area contributed by atoms with Gasteiger partial charge in [0.25, 0.3) is 0 Å². The van der Waals surface area contributed by atoms with Crippen molar-refractivity contribution in [3.05, 3.63) is 0 Å². The Labute approximate surface area is 55.1 Å². The average molecular weight is 127 g/mol. The first kappa shape index (κ1) is 5.69. The van der Waals surface area contributed by atoms with Gasteiger partial charge >= 0.3 is 0 Å². The summed E-state index contributed by atoms with van der Waals surface area (Å²) in [6.45, 7) is 1.87. The minimum absolute atomic E-state index is 0.136. The highest BCUT2D eigenvalue weighted by Crippen LogP contribution is 2.67. The molecule has 9 heavy (non-hydrogen) atoms. The summed E-state index contributed by atoms with van der Waals surface area (Å²) in [4.78, 5) is 0. The van der Waals surface area contributed by atoms with Gasteiger partial charge < -0.3 is 10.8 Å². The molecule has 0 heterocycles. The van der Waals surface area contributed by atoms with Crippen molar-refractivity contribution in [1.29, 1.82) is 0 Å². The summed E-state index contributed by atoms with van der Waals surface area (Å²) in [5.41, 5.74) is 6.21. The first-order valence-electron chi connectivity index (χ1n) is 3.53. The standard InChI is InChI=1S/C7H13NO/c1-5(9)6-2-7(8,3-6)4-6/h5,9H,2-4,8H2,1H3/t5-,6?,7?/m1/s1. The van der Waals surface area contributed by atoms with Gasteiger partial charge in [0.1, 0.15) is 0 Å². The van der Waals surface area contributed by atoms with Gasteiger partial charge in [-0.3, -0.25) is 0 Å². The highest BCUT2D eigenvalue weighted by Gasteiger charge is 2.67. The molecule has 1 atom stereocenters. The fourth-order valence-electron chi connectivity index (χ4n) is 2.39. The molecule has 0 radical (unpaired) electrons. The van der Waals surface area contributed by atoms with Crippen molar-refractivity contribution in [2.45, 2.75) is 37.8 Å². The van der Waals surface area contributed by atoms with Crippen LogP contribution in [0.3, 0.4) is 0 Å². The topological polar surface area (TPSA) is 46.2 Å². The van der Waals surface area contributed by atoms with E-state index in [4.69, 9.17) is 5.73 Å². The van der Waals surface area contributed by atoms with E-state index in [1.807, 2.05) is 6.92 Å². The van der Waals surface area contributed by atoms with Crippen LogP contribution in [-0.2, 0) is 0 Å². The molecule has 3 aliphatic carbocycles. The highest BCUT2D eigenvalue weighted by atomic mass is 16.3. The van der Waals surface area contributed by atoms with Gasteiger partial charge in [0.15, 0.2) is 0 Å². The summed E-state index contributed by atoms with van der Waals surface area (Å²) >= 11 is 0. The molecular formula is C7H13NO. The van der Waals surface area contributed by atoms with Crippen molar-refractivity contribution in [2.24, 2.45) is 11.1 Å². The van der Waals surface area contributed by atoms with Crippen LogP contribution in [0.4, 0.5) is 0 Å². The number of aliphatic hydroxyl groups is 1. The van der Waals surface area contributed by atoms with E-state index < -0.39 is 0 Å². The predicted molar refractivity (Wildman–Crippen MR) is 34.9 cm³/mol.